The van der Waals surface area contributed by atoms with Crippen molar-refractivity contribution in [1.82, 2.24) is 0 Å². The highest BCUT2D eigenvalue weighted by atomic mass is 32.2. The molecule has 0 atom stereocenters. The van der Waals surface area contributed by atoms with Gasteiger partial charge in [-0.1, -0.05) is 18.2 Å². The van der Waals surface area contributed by atoms with Gasteiger partial charge in [0.1, 0.15) is 4.90 Å². The van der Waals surface area contributed by atoms with Gasteiger partial charge in [-0.3, -0.25) is 4.72 Å². The molecule has 0 aliphatic heterocycles. The van der Waals surface area contributed by atoms with E-state index in [4.69, 9.17) is 5.73 Å². The van der Waals surface area contributed by atoms with E-state index in [9.17, 15) is 8.42 Å². The van der Waals surface area contributed by atoms with Crippen molar-refractivity contribution in [2.75, 3.05) is 10.5 Å². The summed E-state index contributed by atoms with van der Waals surface area (Å²) in [4.78, 5) is 0.0969. The Hall–Kier alpha value is -2.01. The fourth-order valence-electron chi connectivity index (χ4n) is 1.83. The van der Waals surface area contributed by atoms with Crippen LogP contribution in [0.5, 0.6) is 0 Å². The topological polar surface area (TPSA) is 72.2 Å². The maximum atomic E-state index is 12.3. The van der Waals surface area contributed by atoms with E-state index in [0.29, 0.717) is 5.69 Å². The van der Waals surface area contributed by atoms with Crippen LogP contribution in [0, 0.1) is 13.8 Å². The lowest BCUT2D eigenvalue weighted by Crippen LogP contribution is -2.14. The first-order valence-corrected chi connectivity index (χ1v) is 7.32. The molecule has 0 aromatic heterocycles. The minimum atomic E-state index is -3.65. The quantitative estimate of drug-likeness (QED) is 0.847. The van der Waals surface area contributed by atoms with Crippen LogP contribution in [-0.4, -0.2) is 8.42 Å². The molecule has 3 N–H and O–H groups in total. The predicted octanol–water partition coefficient (Wildman–Crippen LogP) is 2.69. The van der Waals surface area contributed by atoms with E-state index < -0.39 is 10.0 Å². The van der Waals surface area contributed by atoms with Crippen LogP contribution in [0.25, 0.3) is 0 Å². The van der Waals surface area contributed by atoms with Crippen molar-refractivity contribution in [1.29, 1.82) is 0 Å². The Kier molecular flexibility index (Phi) is 3.48. The average molecular weight is 276 g/mol. The summed E-state index contributed by atoms with van der Waals surface area (Å²) < 4.78 is 27.0. The van der Waals surface area contributed by atoms with Crippen LogP contribution < -0.4 is 10.5 Å². The summed E-state index contributed by atoms with van der Waals surface area (Å²) in [5.74, 6) is 0. The summed E-state index contributed by atoms with van der Waals surface area (Å²) >= 11 is 0. The van der Waals surface area contributed by atoms with Crippen LogP contribution in [0.3, 0.4) is 0 Å². The molecule has 2 aromatic rings. The Morgan fingerprint density at radius 1 is 1.00 bits per heavy atom. The number of aryl methyl sites for hydroxylation is 2. The largest absolute Gasteiger partial charge is 0.398 e. The first-order valence-electron chi connectivity index (χ1n) is 5.84. The minimum Gasteiger partial charge on any atom is -0.398 e. The monoisotopic (exact) mass is 276 g/mol. The zero-order valence-electron chi connectivity index (χ0n) is 10.8. The van der Waals surface area contributed by atoms with Crippen LogP contribution in [-0.2, 0) is 10.0 Å². The number of sulfonamides is 1. The third-order valence-corrected chi connectivity index (χ3v) is 4.18. The molecule has 0 bridgehead atoms. The molecule has 4 nitrogen and oxygen atoms in total. The molecule has 5 heteroatoms. The maximum absolute atomic E-state index is 12.3. The third-order valence-electron chi connectivity index (χ3n) is 2.73. The molecule has 0 saturated heterocycles. The summed E-state index contributed by atoms with van der Waals surface area (Å²) in [6.45, 7) is 3.76. The van der Waals surface area contributed by atoms with Crippen molar-refractivity contribution in [3.8, 4) is 0 Å². The molecule has 0 radical (unpaired) electrons. The summed E-state index contributed by atoms with van der Waals surface area (Å²) in [7, 11) is -3.65. The van der Waals surface area contributed by atoms with Gasteiger partial charge in [0.15, 0.2) is 0 Å². The molecule has 100 valence electrons. The van der Waals surface area contributed by atoms with Crippen molar-refractivity contribution < 1.29 is 8.42 Å². The van der Waals surface area contributed by atoms with Gasteiger partial charge < -0.3 is 5.73 Å². The molecule has 0 heterocycles. The Morgan fingerprint density at radius 3 is 2.32 bits per heavy atom. The van der Waals surface area contributed by atoms with E-state index in [-0.39, 0.29) is 10.6 Å². The van der Waals surface area contributed by atoms with E-state index in [2.05, 4.69) is 4.72 Å². The van der Waals surface area contributed by atoms with Crippen molar-refractivity contribution in [2.24, 2.45) is 0 Å². The lowest BCUT2D eigenvalue weighted by molar-refractivity contribution is 0.601. The number of nitrogens with two attached hydrogens (primary N) is 1. The molecule has 2 aromatic carbocycles. The highest BCUT2D eigenvalue weighted by Gasteiger charge is 2.17. The summed E-state index contributed by atoms with van der Waals surface area (Å²) in [5.41, 5.74) is 8.46. The second-order valence-corrected chi connectivity index (χ2v) is 6.17. The van der Waals surface area contributed by atoms with Crippen LogP contribution in [0.2, 0.25) is 0 Å². The van der Waals surface area contributed by atoms with Crippen LogP contribution in [0.4, 0.5) is 11.4 Å². The number of anilines is 2. The Labute approximate surface area is 113 Å². The smallest absolute Gasteiger partial charge is 0.263 e. The predicted molar refractivity (Wildman–Crippen MR) is 77.6 cm³/mol. The molecule has 0 amide bonds. The molecule has 0 spiro atoms. The van der Waals surface area contributed by atoms with Gasteiger partial charge in [0.2, 0.25) is 0 Å². The van der Waals surface area contributed by atoms with Crippen molar-refractivity contribution in [3.05, 3.63) is 53.6 Å². The van der Waals surface area contributed by atoms with Gasteiger partial charge >= 0.3 is 0 Å². The van der Waals surface area contributed by atoms with Gasteiger partial charge in [-0.15, -0.1) is 0 Å². The van der Waals surface area contributed by atoms with Crippen LogP contribution in [0.1, 0.15) is 11.1 Å². The standard InChI is InChI=1S/C14H16N2O2S/c1-10-4-3-5-12(8-10)16-19(17,18)14-7-6-11(2)9-13(14)15/h3-9,16H,15H2,1-2H3. The summed E-state index contributed by atoms with van der Waals surface area (Å²) in [5, 5.41) is 0. The first kappa shape index (κ1) is 13.4. The molecule has 2 rings (SSSR count). The zero-order valence-corrected chi connectivity index (χ0v) is 11.7. The van der Waals surface area contributed by atoms with E-state index in [1.54, 1.807) is 30.3 Å². The van der Waals surface area contributed by atoms with Gasteiger partial charge in [-0.25, -0.2) is 8.42 Å². The fraction of sp³-hybridized carbons (Fsp3) is 0.143. The highest BCUT2D eigenvalue weighted by molar-refractivity contribution is 7.92. The molecule has 0 fully saturated rings. The van der Waals surface area contributed by atoms with E-state index >= 15 is 0 Å². The van der Waals surface area contributed by atoms with Crippen LogP contribution in [0.15, 0.2) is 47.4 Å². The van der Waals surface area contributed by atoms with E-state index in [1.807, 2.05) is 19.9 Å². The Balaban J connectivity index is 2.38. The number of hydrogen-bond acceptors (Lipinski definition) is 3. The molecule has 0 saturated carbocycles. The van der Waals surface area contributed by atoms with E-state index in [0.717, 1.165) is 11.1 Å². The third kappa shape index (κ3) is 3.06. The molecule has 19 heavy (non-hydrogen) atoms. The van der Waals surface area contributed by atoms with Crippen molar-refractivity contribution in [2.45, 2.75) is 18.7 Å². The molecular formula is C14H16N2O2S. The Morgan fingerprint density at radius 2 is 1.68 bits per heavy atom. The number of benzene rings is 2. The fourth-order valence-corrected chi connectivity index (χ4v) is 2.99. The second-order valence-electron chi connectivity index (χ2n) is 4.52. The van der Waals surface area contributed by atoms with Gasteiger partial charge in [-0.2, -0.15) is 0 Å². The lowest BCUT2D eigenvalue weighted by atomic mass is 10.2. The van der Waals surface area contributed by atoms with Gasteiger partial charge in [0, 0.05) is 5.69 Å². The van der Waals surface area contributed by atoms with Crippen molar-refractivity contribution >= 4 is 21.4 Å². The van der Waals surface area contributed by atoms with E-state index in [1.165, 1.54) is 6.07 Å². The normalized spacial score (nSPS) is 11.3. The first-order chi connectivity index (χ1) is 8.88. The SMILES string of the molecule is Cc1cccc(NS(=O)(=O)c2ccc(C)cc2N)c1. The number of hydrogen-bond donors (Lipinski definition) is 2. The lowest BCUT2D eigenvalue weighted by Gasteiger charge is -2.11. The van der Waals surface area contributed by atoms with Gasteiger partial charge in [0.25, 0.3) is 10.0 Å². The number of nitrogens with one attached hydrogen (secondary N) is 1. The number of rotatable bonds is 3. The molecule has 0 aliphatic carbocycles. The average Bonchev–Trinajstić information content (AvgIpc) is 2.27. The molecular weight excluding hydrogens is 260 g/mol. The summed E-state index contributed by atoms with van der Waals surface area (Å²) in [6, 6.07) is 12.1. The maximum Gasteiger partial charge on any atom is 0.263 e. The van der Waals surface area contributed by atoms with Crippen LogP contribution >= 0.6 is 0 Å². The van der Waals surface area contributed by atoms with Gasteiger partial charge in [-0.05, 0) is 49.2 Å². The number of nitrogen functional groups attached to an aromatic ring is 1. The zero-order chi connectivity index (χ0) is 14.0. The minimum absolute atomic E-state index is 0.0969. The Bertz CT molecular complexity index is 709. The second kappa shape index (κ2) is 4.93. The highest BCUT2D eigenvalue weighted by Crippen LogP contribution is 2.22. The summed E-state index contributed by atoms with van der Waals surface area (Å²) in [6.07, 6.45) is 0. The molecule has 0 aliphatic rings. The van der Waals surface area contributed by atoms with Gasteiger partial charge in [0.05, 0.1) is 5.69 Å². The van der Waals surface area contributed by atoms with Crippen molar-refractivity contribution in [3.63, 3.8) is 0 Å². The molecule has 0 unspecified atom stereocenters.